The topological polar surface area (TPSA) is 12.0 Å². The summed E-state index contributed by atoms with van der Waals surface area (Å²) in [6, 6.07) is 11.7. The summed E-state index contributed by atoms with van der Waals surface area (Å²) in [4.78, 5) is 0. The van der Waals surface area contributed by atoms with E-state index in [1.165, 1.54) is 12.1 Å². The van der Waals surface area contributed by atoms with E-state index in [1.54, 1.807) is 18.2 Å². The van der Waals surface area contributed by atoms with Crippen LogP contribution in [0.3, 0.4) is 0 Å². The fraction of sp³-hybridized carbons (Fsp3) is 0.0769. The summed E-state index contributed by atoms with van der Waals surface area (Å²) in [6.45, 7) is 0.383. The lowest BCUT2D eigenvalue weighted by Crippen LogP contribution is -2.01. The molecule has 0 saturated carbocycles. The smallest absolute Gasteiger partial charge is 0.128 e. The number of anilines is 1. The molecule has 0 heterocycles. The second kappa shape index (κ2) is 5.39. The Morgan fingerprint density at radius 2 is 1.59 bits per heavy atom. The van der Waals surface area contributed by atoms with Gasteiger partial charge in [-0.05, 0) is 42.5 Å². The van der Waals surface area contributed by atoms with Crippen molar-refractivity contribution in [1.82, 2.24) is 0 Å². The van der Waals surface area contributed by atoms with Gasteiger partial charge in [0.25, 0.3) is 0 Å². The molecule has 0 spiro atoms. The molecule has 0 fully saturated rings. The lowest BCUT2D eigenvalue weighted by Gasteiger charge is -2.07. The van der Waals surface area contributed by atoms with Crippen molar-refractivity contribution in [2.45, 2.75) is 6.54 Å². The van der Waals surface area contributed by atoms with E-state index in [4.69, 9.17) is 23.2 Å². The van der Waals surface area contributed by atoms with E-state index < -0.39 is 0 Å². The van der Waals surface area contributed by atoms with Crippen molar-refractivity contribution in [2.24, 2.45) is 0 Å². The molecule has 2 aromatic rings. The van der Waals surface area contributed by atoms with Gasteiger partial charge in [0.15, 0.2) is 0 Å². The Balaban J connectivity index is 2.07. The summed E-state index contributed by atoms with van der Waals surface area (Å²) in [5.74, 6) is -0.268. The van der Waals surface area contributed by atoms with Crippen LogP contribution in [0.1, 0.15) is 5.56 Å². The fourth-order valence-corrected chi connectivity index (χ4v) is 1.76. The van der Waals surface area contributed by atoms with Gasteiger partial charge >= 0.3 is 0 Å². The van der Waals surface area contributed by atoms with Gasteiger partial charge in [0.1, 0.15) is 5.82 Å². The molecule has 0 atom stereocenters. The van der Waals surface area contributed by atoms with Crippen molar-refractivity contribution in [3.05, 3.63) is 63.9 Å². The average molecular weight is 270 g/mol. The Kier molecular flexibility index (Phi) is 3.87. The molecule has 0 aliphatic carbocycles. The molecule has 0 unspecified atom stereocenters. The molecular weight excluding hydrogens is 260 g/mol. The zero-order chi connectivity index (χ0) is 12.3. The standard InChI is InChI=1S/C13H10Cl2FN/c14-10-1-4-12(5-2-10)17-8-9-7-11(15)3-6-13(9)16/h1-7,17H,8H2. The second-order valence-electron chi connectivity index (χ2n) is 3.60. The molecule has 2 aromatic carbocycles. The van der Waals surface area contributed by atoms with Gasteiger partial charge in [0.05, 0.1) is 0 Å². The molecule has 0 amide bonds. The van der Waals surface area contributed by atoms with E-state index in [-0.39, 0.29) is 5.82 Å². The molecule has 0 aromatic heterocycles. The van der Waals surface area contributed by atoms with Crippen LogP contribution in [0, 0.1) is 5.82 Å². The molecule has 0 bridgehead atoms. The van der Waals surface area contributed by atoms with Crippen LogP contribution in [-0.4, -0.2) is 0 Å². The zero-order valence-electron chi connectivity index (χ0n) is 8.88. The molecule has 0 saturated heterocycles. The average Bonchev–Trinajstić information content (AvgIpc) is 2.32. The number of hydrogen-bond donors (Lipinski definition) is 1. The van der Waals surface area contributed by atoms with E-state index in [0.29, 0.717) is 22.2 Å². The van der Waals surface area contributed by atoms with Gasteiger partial charge in [-0.15, -0.1) is 0 Å². The largest absolute Gasteiger partial charge is 0.381 e. The molecule has 4 heteroatoms. The monoisotopic (exact) mass is 269 g/mol. The quantitative estimate of drug-likeness (QED) is 0.849. The third-order valence-electron chi connectivity index (χ3n) is 2.33. The van der Waals surface area contributed by atoms with Crippen LogP contribution in [0.15, 0.2) is 42.5 Å². The number of rotatable bonds is 3. The van der Waals surface area contributed by atoms with Crippen molar-refractivity contribution in [3.63, 3.8) is 0 Å². The highest BCUT2D eigenvalue weighted by atomic mass is 35.5. The Labute approximate surface area is 109 Å². The molecule has 88 valence electrons. The summed E-state index contributed by atoms with van der Waals surface area (Å²) < 4.78 is 13.4. The van der Waals surface area contributed by atoms with Crippen LogP contribution in [0.25, 0.3) is 0 Å². The molecule has 1 nitrogen and oxygen atoms in total. The molecule has 0 radical (unpaired) electrons. The minimum Gasteiger partial charge on any atom is -0.381 e. The molecule has 2 rings (SSSR count). The van der Waals surface area contributed by atoms with Gasteiger partial charge in [-0.25, -0.2) is 4.39 Å². The maximum atomic E-state index is 13.4. The van der Waals surface area contributed by atoms with Gasteiger partial charge in [-0.3, -0.25) is 0 Å². The van der Waals surface area contributed by atoms with E-state index >= 15 is 0 Å². The first kappa shape index (κ1) is 12.2. The predicted octanol–water partition coefficient (Wildman–Crippen LogP) is 4.74. The van der Waals surface area contributed by atoms with Crippen LogP contribution in [-0.2, 0) is 6.54 Å². The first-order valence-corrected chi connectivity index (χ1v) is 5.84. The van der Waals surface area contributed by atoms with E-state index in [2.05, 4.69) is 5.32 Å². The number of nitrogens with one attached hydrogen (secondary N) is 1. The minimum absolute atomic E-state index is 0.268. The molecular formula is C13H10Cl2FN. The highest BCUT2D eigenvalue weighted by Crippen LogP contribution is 2.18. The lowest BCUT2D eigenvalue weighted by molar-refractivity contribution is 0.613. The number of benzene rings is 2. The van der Waals surface area contributed by atoms with E-state index in [0.717, 1.165) is 5.69 Å². The molecule has 1 N–H and O–H groups in total. The van der Waals surface area contributed by atoms with Crippen molar-refractivity contribution in [1.29, 1.82) is 0 Å². The minimum atomic E-state index is -0.268. The van der Waals surface area contributed by atoms with Gasteiger partial charge in [0.2, 0.25) is 0 Å². The Bertz CT molecular complexity index is 511. The SMILES string of the molecule is Fc1ccc(Cl)cc1CNc1ccc(Cl)cc1. The predicted molar refractivity (Wildman–Crippen MR) is 70.2 cm³/mol. The Hall–Kier alpha value is -1.25. The van der Waals surface area contributed by atoms with Crippen molar-refractivity contribution < 1.29 is 4.39 Å². The van der Waals surface area contributed by atoms with E-state index in [1.807, 2.05) is 12.1 Å². The summed E-state index contributed by atoms with van der Waals surface area (Å²) >= 11 is 11.6. The highest BCUT2D eigenvalue weighted by molar-refractivity contribution is 6.30. The first-order chi connectivity index (χ1) is 8.15. The Morgan fingerprint density at radius 1 is 0.941 bits per heavy atom. The van der Waals surface area contributed by atoms with Crippen molar-refractivity contribution >= 4 is 28.9 Å². The summed E-state index contributed by atoms with van der Waals surface area (Å²) in [6.07, 6.45) is 0. The summed E-state index contributed by atoms with van der Waals surface area (Å²) in [7, 11) is 0. The zero-order valence-corrected chi connectivity index (χ0v) is 10.4. The van der Waals surface area contributed by atoms with Crippen LogP contribution >= 0.6 is 23.2 Å². The number of hydrogen-bond acceptors (Lipinski definition) is 1. The summed E-state index contributed by atoms with van der Waals surface area (Å²) in [5.41, 5.74) is 1.42. The van der Waals surface area contributed by atoms with Crippen LogP contribution < -0.4 is 5.32 Å². The fourth-order valence-electron chi connectivity index (χ4n) is 1.44. The van der Waals surface area contributed by atoms with Gasteiger partial charge in [0, 0.05) is 27.8 Å². The molecule has 0 aliphatic rings. The van der Waals surface area contributed by atoms with Crippen molar-refractivity contribution in [2.75, 3.05) is 5.32 Å². The Morgan fingerprint density at radius 3 is 2.29 bits per heavy atom. The van der Waals surface area contributed by atoms with Crippen LogP contribution in [0.2, 0.25) is 10.0 Å². The molecule has 0 aliphatic heterocycles. The van der Waals surface area contributed by atoms with Gasteiger partial charge in [-0.1, -0.05) is 23.2 Å². The second-order valence-corrected chi connectivity index (χ2v) is 4.47. The van der Waals surface area contributed by atoms with Crippen molar-refractivity contribution in [3.8, 4) is 0 Å². The van der Waals surface area contributed by atoms with Gasteiger partial charge < -0.3 is 5.32 Å². The lowest BCUT2D eigenvalue weighted by atomic mass is 10.2. The maximum Gasteiger partial charge on any atom is 0.128 e. The van der Waals surface area contributed by atoms with Crippen LogP contribution in [0.4, 0.5) is 10.1 Å². The normalized spacial score (nSPS) is 10.3. The first-order valence-electron chi connectivity index (χ1n) is 5.08. The third kappa shape index (κ3) is 3.35. The maximum absolute atomic E-state index is 13.4. The third-order valence-corrected chi connectivity index (χ3v) is 2.82. The summed E-state index contributed by atoms with van der Waals surface area (Å²) in [5, 5.41) is 4.30. The number of halogens is 3. The van der Waals surface area contributed by atoms with Crippen LogP contribution in [0.5, 0.6) is 0 Å². The van der Waals surface area contributed by atoms with E-state index in [9.17, 15) is 4.39 Å². The highest BCUT2D eigenvalue weighted by Gasteiger charge is 2.02. The van der Waals surface area contributed by atoms with Gasteiger partial charge in [-0.2, -0.15) is 0 Å². The molecule has 17 heavy (non-hydrogen) atoms.